The summed E-state index contributed by atoms with van der Waals surface area (Å²) < 4.78 is 5.78. The number of nitrogens with zero attached hydrogens (tertiary/aromatic N) is 1. The Morgan fingerprint density at radius 3 is 2.70 bits per heavy atom. The van der Waals surface area contributed by atoms with Crippen LogP contribution in [0.5, 0.6) is 0 Å². The maximum absolute atomic E-state index is 12.4. The highest BCUT2D eigenvalue weighted by molar-refractivity contribution is 6.31. The van der Waals surface area contributed by atoms with Crippen LogP contribution in [0.2, 0.25) is 5.02 Å². The van der Waals surface area contributed by atoms with Crippen LogP contribution in [0.4, 0.5) is 4.79 Å². The fourth-order valence-corrected chi connectivity index (χ4v) is 2.90. The van der Waals surface area contributed by atoms with Gasteiger partial charge in [-0.3, -0.25) is 0 Å². The van der Waals surface area contributed by atoms with E-state index >= 15 is 0 Å². The van der Waals surface area contributed by atoms with Crippen LogP contribution in [0, 0.1) is 0 Å². The van der Waals surface area contributed by atoms with Gasteiger partial charge in [-0.15, -0.1) is 0 Å². The number of halogens is 1. The smallest absolute Gasteiger partial charge is 0.317 e. The Balaban J connectivity index is 1.60. The molecular weight excluding hydrogens is 312 g/mol. The molecular formula is C18H19ClN2O2. The van der Waals surface area contributed by atoms with Gasteiger partial charge in [0.15, 0.2) is 0 Å². The number of carbonyl (C=O) groups is 1. The topological polar surface area (TPSA) is 41.6 Å². The Hall–Kier alpha value is -2.04. The van der Waals surface area contributed by atoms with Crippen LogP contribution >= 0.6 is 11.6 Å². The number of rotatable bonds is 3. The van der Waals surface area contributed by atoms with Gasteiger partial charge < -0.3 is 15.0 Å². The van der Waals surface area contributed by atoms with Gasteiger partial charge in [-0.2, -0.15) is 0 Å². The number of morpholine rings is 1. The number of hydrogen-bond donors (Lipinski definition) is 1. The largest absolute Gasteiger partial charge is 0.370 e. The standard InChI is InChI=1S/C18H19ClN2O2/c19-16-9-5-4-8-15(16)17-13-21(10-11-23-17)18(22)20-12-14-6-2-1-3-7-14/h1-9,17H,10-13H2,(H,20,22). The molecule has 0 aliphatic carbocycles. The first-order valence-electron chi connectivity index (χ1n) is 7.67. The number of carbonyl (C=O) groups excluding carboxylic acids is 1. The van der Waals surface area contributed by atoms with E-state index in [2.05, 4.69) is 5.32 Å². The lowest BCUT2D eigenvalue weighted by Gasteiger charge is -2.33. The minimum Gasteiger partial charge on any atom is -0.370 e. The minimum absolute atomic E-state index is 0.0748. The second-order valence-electron chi connectivity index (χ2n) is 5.47. The lowest BCUT2D eigenvalue weighted by molar-refractivity contribution is -0.0154. The van der Waals surface area contributed by atoms with Crippen molar-refractivity contribution in [2.75, 3.05) is 19.7 Å². The van der Waals surface area contributed by atoms with Crippen molar-refractivity contribution in [3.8, 4) is 0 Å². The second kappa shape index (κ2) is 7.49. The van der Waals surface area contributed by atoms with Crippen molar-refractivity contribution in [2.24, 2.45) is 0 Å². The Morgan fingerprint density at radius 1 is 1.17 bits per heavy atom. The maximum Gasteiger partial charge on any atom is 0.317 e. The molecule has 0 aromatic heterocycles. The summed E-state index contributed by atoms with van der Waals surface area (Å²) in [5.74, 6) is 0. The monoisotopic (exact) mass is 330 g/mol. The van der Waals surface area contributed by atoms with E-state index in [1.54, 1.807) is 4.90 Å². The molecule has 1 heterocycles. The van der Waals surface area contributed by atoms with E-state index in [1.807, 2.05) is 54.6 Å². The van der Waals surface area contributed by atoms with Crippen molar-refractivity contribution in [2.45, 2.75) is 12.6 Å². The molecule has 1 unspecified atom stereocenters. The Morgan fingerprint density at radius 2 is 1.91 bits per heavy atom. The molecule has 1 aliphatic rings. The van der Waals surface area contributed by atoms with E-state index in [0.717, 1.165) is 11.1 Å². The number of hydrogen-bond acceptors (Lipinski definition) is 2. The summed E-state index contributed by atoms with van der Waals surface area (Å²) in [4.78, 5) is 14.1. The molecule has 0 bridgehead atoms. The maximum atomic E-state index is 12.4. The van der Waals surface area contributed by atoms with Crippen molar-refractivity contribution < 1.29 is 9.53 Å². The summed E-state index contributed by atoms with van der Waals surface area (Å²) in [5.41, 5.74) is 2.01. The van der Waals surface area contributed by atoms with Gasteiger partial charge in [-0.1, -0.05) is 60.1 Å². The molecule has 0 spiro atoms. The van der Waals surface area contributed by atoms with Crippen LogP contribution < -0.4 is 5.32 Å². The molecule has 1 atom stereocenters. The minimum atomic E-state index is -0.181. The van der Waals surface area contributed by atoms with Crippen molar-refractivity contribution in [3.05, 3.63) is 70.7 Å². The van der Waals surface area contributed by atoms with E-state index in [-0.39, 0.29) is 12.1 Å². The fraction of sp³-hybridized carbons (Fsp3) is 0.278. The molecule has 2 amide bonds. The average Bonchev–Trinajstić information content (AvgIpc) is 2.61. The molecule has 1 N–H and O–H groups in total. The predicted molar refractivity (Wildman–Crippen MR) is 90.4 cm³/mol. The summed E-state index contributed by atoms with van der Waals surface area (Å²) in [6.07, 6.45) is -0.181. The van der Waals surface area contributed by atoms with Gasteiger partial charge in [-0.05, 0) is 11.6 Å². The molecule has 3 rings (SSSR count). The first-order chi connectivity index (χ1) is 11.2. The van der Waals surface area contributed by atoms with Crippen LogP contribution in [0.25, 0.3) is 0 Å². The SMILES string of the molecule is O=C(NCc1ccccc1)N1CCOC(c2ccccc2Cl)C1. The molecule has 2 aromatic rings. The highest BCUT2D eigenvalue weighted by Crippen LogP contribution is 2.28. The molecule has 0 radical (unpaired) electrons. The van der Waals surface area contributed by atoms with E-state index in [4.69, 9.17) is 16.3 Å². The van der Waals surface area contributed by atoms with Gasteiger partial charge in [0.05, 0.1) is 13.2 Å². The third kappa shape index (κ3) is 4.03. The lowest BCUT2D eigenvalue weighted by atomic mass is 10.1. The van der Waals surface area contributed by atoms with Crippen molar-refractivity contribution >= 4 is 17.6 Å². The second-order valence-corrected chi connectivity index (χ2v) is 5.88. The van der Waals surface area contributed by atoms with Crippen molar-refractivity contribution in [1.29, 1.82) is 0 Å². The van der Waals surface area contributed by atoms with E-state index in [0.29, 0.717) is 31.3 Å². The molecule has 1 aliphatic heterocycles. The Labute approximate surface area is 141 Å². The number of amides is 2. The average molecular weight is 331 g/mol. The molecule has 0 saturated carbocycles. The van der Waals surface area contributed by atoms with Crippen molar-refractivity contribution in [1.82, 2.24) is 10.2 Å². The number of urea groups is 1. The number of ether oxygens (including phenoxy) is 1. The van der Waals surface area contributed by atoms with Gasteiger partial charge in [0.1, 0.15) is 6.10 Å². The predicted octanol–water partition coefficient (Wildman–Crippen LogP) is 3.62. The lowest BCUT2D eigenvalue weighted by Crippen LogP contribution is -2.47. The fourth-order valence-electron chi connectivity index (χ4n) is 2.64. The Bertz CT molecular complexity index is 663. The molecule has 1 fully saturated rings. The zero-order valence-corrected chi connectivity index (χ0v) is 13.5. The highest BCUT2D eigenvalue weighted by Gasteiger charge is 2.26. The quantitative estimate of drug-likeness (QED) is 0.933. The van der Waals surface area contributed by atoms with Crippen molar-refractivity contribution in [3.63, 3.8) is 0 Å². The molecule has 120 valence electrons. The summed E-state index contributed by atoms with van der Waals surface area (Å²) in [5, 5.41) is 3.62. The normalized spacial score (nSPS) is 17.8. The van der Waals surface area contributed by atoms with Crippen LogP contribution in [0.3, 0.4) is 0 Å². The van der Waals surface area contributed by atoms with Gasteiger partial charge in [0.2, 0.25) is 0 Å². The molecule has 4 nitrogen and oxygen atoms in total. The first-order valence-corrected chi connectivity index (χ1v) is 8.04. The van der Waals surface area contributed by atoms with E-state index in [9.17, 15) is 4.79 Å². The zero-order chi connectivity index (χ0) is 16.1. The third-order valence-electron chi connectivity index (χ3n) is 3.89. The summed E-state index contributed by atoms with van der Waals surface area (Å²) >= 11 is 6.23. The molecule has 23 heavy (non-hydrogen) atoms. The van der Waals surface area contributed by atoms with Gasteiger partial charge in [-0.25, -0.2) is 4.79 Å². The Kier molecular flexibility index (Phi) is 5.16. The number of benzene rings is 2. The van der Waals surface area contributed by atoms with E-state index in [1.165, 1.54) is 0 Å². The summed E-state index contributed by atoms with van der Waals surface area (Å²) in [6.45, 7) is 2.12. The van der Waals surface area contributed by atoms with Crippen LogP contribution in [-0.2, 0) is 11.3 Å². The third-order valence-corrected chi connectivity index (χ3v) is 4.24. The van der Waals surface area contributed by atoms with Crippen LogP contribution in [0.1, 0.15) is 17.2 Å². The molecule has 1 saturated heterocycles. The van der Waals surface area contributed by atoms with E-state index < -0.39 is 0 Å². The van der Waals surface area contributed by atoms with Gasteiger partial charge in [0, 0.05) is 23.7 Å². The highest BCUT2D eigenvalue weighted by atomic mass is 35.5. The van der Waals surface area contributed by atoms with Gasteiger partial charge in [0.25, 0.3) is 0 Å². The molecule has 5 heteroatoms. The van der Waals surface area contributed by atoms with Gasteiger partial charge >= 0.3 is 6.03 Å². The molecule has 2 aromatic carbocycles. The number of nitrogens with one attached hydrogen (secondary N) is 1. The zero-order valence-electron chi connectivity index (χ0n) is 12.7. The van der Waals surface area contributed by atoms with Crippen LogP contribution in [0.15, 0.2) is 54.6 Å². The summed E-state index contributed by atoms with van der Waals surface area (Å²) in [7, 11) is 0. The summed E-state index contributed by atoms with van der Waals surface area (Å²) in [6, 6.07) is 17.4. The first kappa shape index (κ1) is 15.8. The van der Waals surface area contributed by atoms with Crippen LogP contribution in [-0.4, -0.2) is 30.6 Å².